The average molecular weight is 408 g/mol. The number of sulfonamides is 1. The van der Waals surface area contributed by atoms with Crippen molar-refractivity contribution in [2.24, 2.45) is 0 Å². The van der Waals surface area contributed by atoms with Crippen molar-refractivity contribution in [2.75, 3.05) is 45.2 Å². The Morgan fingerprint density at radius 1 is 0.963 bits per heavy atom. The first kappa shape index (κ1) is 19.7. The van der Waals surface area contributed by atoms with Gasteiger partial charge in [0.25, 0.3) is 5.91 Å². The summed E-state index contributed by atoms with van der Waals surface area (Å²) in [6.07, 6.45) is 0. The minimum absolute atomic E-state index is 0.0948. The molecule has 0 aliphatic carbocycles. The zero-order valence-corrected chi connectivity index (χ0v) is 16.9. The molecule has 8 heteroatoms. The van der Waals surface area contributed by atoms with Crippen LogP contribution in [0.5, 0.6) is 0 Å². The molecule has 0 bridgehead atoms. The minimum Gasteiger partial charge on any atom is -0.367 e. The maximum absolute atomic E-state index is 12.7. The van der Waals surface area contributed by atoms with E-state index in [1.807, 2.05) is 24.3 Å². The number of nitrogens with zero attached hydrogens (tertiary/aromatic N) is 3. The van der Waals surface area contributed by atoms with Crippen molar-refractivity contribution in [1.29, 1.82) is 0 Å². The summed E-state index contributed by atoms with van der Waals surface area (Å²) >= 11 is 6.25. The number of carbonyl (C=O) groups is 1. The summed E-state index contributed by atoms with van der Waals surface area (Å²) in [5, 5.41) is 0.704. The van der Waals surface area contributed by atoms with Gasteiger partial charge >= 0.3 is 0 Å². The lowest BCUT2D eigenvalue weighted by atomic mass is 10.1. The van der Waals surface area contributed by atoms with Crippen LogP contribution in [0.3, 0.4) is 0 Å². The third kappa shape index (κ3) is 4.10. The number of rotatable bonds is 4. The van der Waals surface area contributed by atoms with Gasteiger partial charge in [0.05, 0.1) is 15.6 Å². The van der Waals surface area contributed by atoms with Crippen molar-refractivity contribution in [2.45, 2.75) is 4.90 Å². The lowest BCUT2D eigenvalue weighted by molar-refractivity contribution is 0.0746. The molecule has 6 nitrogen and oxygen atoms in total. The maximum atomic E-state index is 12.7. The molecule has 0 spiro atoms. The largest absolute Gasteiger partial charge is 0.367 e. The highest BCUT2D eigenvalue weighted by atomic mass is 35.5. The second-order valence-corrected chi connectivity index (χ2v) is 9.10. The van der Waals surface area contributed by atoms with Crippen LogP contribution >= 0.6 is 11.6 Å². The molecule has 27 heavy (non-hydrogen) atoms. The van der Waals surface area contributed by atoms with Crippen molar-refractivity contribution >= 4 is 33.2 Å². The van der Waals surface area contributed by atoms with E-state index in [9.17, 15) is 13.2 Å². The summed E-state index contributed by atoms with van der Waals surface area (Å²) < 4.78 is 25.4. The van der Waals surface area contributed by atoms with Crippen LogP contribution in [0, 0.1) is 0 Å². The van der Waals surface area contributed by atoms with E-state index in [4.69, 9.17) is 11.6 Å². The maximum Gasteiger partial charge on any atom is 0.253 e. The SMILES string of the molecule is CN(C)S(=O)(=O)c1ccc(C(=O)N2CCN(c3ccccc3Cl)CC2)cc1. The topological polar surface area (TPSA) is 60.9 Å². The van der Waals surface area contributed by atoms with Crippen molar-refractivity contribution in [1.82, 2.24) is 9.21 Å². The van der Waals surface area contributed by atoms with E-state index in [1.165, 1.54) is 26.2 Å². The predicted octanol–water partition coefficient (Wildman–Crippen LogP) is 2.55. The van der Waals surface area contributed by atoms with Crippen molar-refractivity contribution < 1.29 is 13.2 Å². The fourth-order valence-electron chi connectivity index (χ4n) is 3.02. The van der Waals surface area contributed by atoms with Crippen LogP contribution in [0.15, 0.2) is 53.4 Å². The van der Waals surface area contributed by atoms with Gasteiger partial charge in [-0.05, 0) is 36.4 Å². The Morgan fingerprint density at radius 2 is 1.56 bits per heavy atom. The highest BCUT2D eigenvalue weighted by Gasteiger charge is 2.24. The molecule has 0 unspecified atom stereocenters. The van der Waals surface area contributed by atoms with Gasteiger partial charge < -0.3 is 9.80 Å². The van der Waals surface area contributed by atoms with Gasteiger partial charge in [-0.2, -0.15) is 0 Å². The highest BCUT2D eigenvalue weighted by Crippen LogP contribution is 2.26. The minimum atomic E-state index is -3.50. The number of carbonyl (C=O) groups excluding carboxylic acids is 1. The molecule has 2 aromatic carbocycles. The second kappa shape index (κ2) is 7.88. The third-order valence-corrected chi connectivity index (χ3v) is 6.79. The molecule has 1 saturated heterocycles. The molecule has 0 aromatic heterocycles. The average Bonchev–Trinajstić information content (AvgIpc) is 2.68. The Bertz CT molecular complexity index is 921. The predicted molar refractivity (Wildman–Crippen MR) is 107 cm³/mol. The van der Waals surface area contributed by atoms with Gasteiger partial charge in [-0.3, -0.25) is 4.79 Å². The van der Waals surface area contributed by atoms with Crippen molar-refractivity contribution in [3.8, 4) is 0 Å². The van der Waals surface area contributed by atoms with Gasteiger partial charge in [0, 0.05) is 45.8 Å². The lowest BCUT2D eigenvalue weighted by Gasteiger charge is -2.36. The van der Waals surface area contributed by atoms with Crippen LogP contribution < -0.4 is 4.90 Å². The van der Waals surface area contributed by atoms with Crippen LogP contribution in [0.2, 0.25) is 5.02 Å². The fourth-order valence-corrected chi connectivity index (χ4v) is 4.18. The Balaban J connectivity index is 1.67. The fraction of sp³-hybridized carbons (Fsp3) is 0.316. The highest BCUT2D eigenvalue weighted by molar-refractivity contribution is 7.89. The Morgan fingerprint density at radius 3 is 2.11 bits per heavy atom. The number of hydrogen-bond acceptors (Lipinski definition) is 4. The Labute approximate surface area is 165 Å². The van der Waals surface area contributed by atoms with Gasteiger partial charge in [-0.25, -0.2) is 12.7 Å². The summed E-state index contributed by atoms with van der Waals surface area (Å²) in [5.74, 6) is -0.0948. The van der Waals surface area contributed by atoms with Gasteiger partial charge in [-0.15, -0.1) is 0 Å². The molecule has 1 aliphatic heterocycles. The van der Waals surface area contributed by atoms with Crippen LogP contribution in [-0.4, -0.2) is 63.8 Å². The molecular weight excluding hydrogens is 386 g/mol. The molecule has 1 heterocycles. The molecule has 1 amide bonds. The third-order valence-electron chi connectivity index (χ3n) is 4.64. The summed E-state index contributed by atoms with van der Waals surface area (Å²) in [6, 6.07) is 13.8. The zero-order valence-electron chi connectivity index (χ0n) is 15.3. The summed E-state index contributed by atoms with van der Waals surface area (Å²) in [5.41, 5.74) is 1.46. The van der Waals surface area contributed by atoms with Crippen LogP contribution in [-0.2, 0) is 10.0 Å². The van der Waals surface area contributed by atoms with Crippen LogP contribution in [0.4, 0.5) is 5.69 Å². The molecule has 0 saturated carbocycles. The number of halogens is 1. The van der Waals surface area contributed by atoms with Crippen molar-refractivity contribution in [3.63, 3.8) is 0 Å². The smallest absolute Gasteiger partial charge is 0.253 e. The summed E-state index contributed by atoms with van der Waals surface area (Å²) in [4.78, 5) is 16.8. The molecule has 2 aromatic rings. The van der Waals surface area contributed by atoms with Gasteiger partial charge in [0.1, 0.15) is 0 Å². The summed E-state index contributed by atoms with van der Waals surface area (Å²) in [7, 11) is -0.539. The molecule has 1 fully saturated rings. The molecule has 144 valence electrons. The van der Waals surface area contributed by atoms with Crippen LogP contribution in [0.25, 0.3) is 0 Å². The number of para-hydroxylation sites is 1. The molecule has 0 radical (unpaired) electrons. The number of anilines is 1. The van der Waals surface area contributed by atoms with E-state index in [1.54, 1.807) is 17.0 Å². The molecule has 0 atom stereocenters. The first-order valence-electron chi connectivity index (χ1n) is 8.62. The van der Waals surface area contributed by atoms with E-state index in [0.29, 0.717) is 36.8 Å². The van der Waals surface area contributed by atoms with E-state index in [0.717, 1.165) is 9.99 Å². The monoisotopic (exact) mass is 407 g/mol. The number of piperazine rings is 1. The number of amides is 1. The van der Waals surface area contributed by atoms with E-state index in [2.05, 4.69) is 4.90 Å². The standard InChI is InChI=1S/C19H22ClN3O3S/c1-21(2)27(25,26)16-9-7-15(8-10-16)19(24)23-13-11-22(12-14-23)18-6-4-3-5-17(18)20/h3-10H,11-14H2,1-2H3. The van der Waals surface area contributed by atoms with E-state index >= 15 is 0 Å². The first-order chi connectivity index (χ1) is 12.8. The van der Waals surface area contributed by atoms with Crippen LogP contribution in [0.1, 0.15) is 10.4 Å². The quantitative estimate of drug-likeness (QED) is 0.781. The van der Waals surface area contributed by atoms with E-state index < -0.39 is 10.0 Å². The second-order valence-electron chi connectivity index (χ2n) is 6.54. The lowest BCUT2D eigenvalue weighted by Crippen LogP contribution is -2.48. The zero-order chi connectivity index (χ0) is 19.6. The Hall–Kier alpha value is -2.09. The van der Waals surface area contributed by atoms with Gasteiger partial charge in [0.15, 0.2) is 0 Å². The van der Waals surface area contributed by atoms with Gasteiger partial charge in [0.2, 0.25) is 10.0 Å². The molecule has 0 N–H and O–H groups in total. The first-order valence-corrected chi connectivity index (χ1v) is 10.4. The van der Waals surface area contributed by atoms with Crippen molar-refractivity contribution in [3.05, 3.63) is 59.1 Å². The Kier molecular flexibility index (Phi) is 5.74. The normalized spacial score (nSPS) is 15.3. The molecule has 1 aliphatic rings. The summed E-state index contributed by atoms with van der Waals surface area (Å²) in [6.45, 7) is 2.56. The number of hydrogen-bond donors (Lipinski definition) is 0. The number of benzene rings is 2. The molecule has 3 rings (SSSR count). The van der Waals surface area contributed by atoms with Gasteiger partial charge in [-0.1, -0.05) is 23.7 Å². The molecular formula is C19H22ClN3O3S. The van der Waals surface area contributed by atoms with E-state index in [-0.39, 0.29) is 10.8 Å².